The molecule has 1 unspecified atom stereocenters. The number of nitrogens with zero attached hydrogens (tertiary/aromatic N) is 2. The standard InChI is InChI=1S/C12H31N5/c1-14-12(6-10-16(3)4)7-11-17(15-2)9-5-8-13/h12,14-15H,5-11,13H2,1-4H3. The van der Waals surface area contributed by atoms with Crippen LogP contribution in [0.15, 0.2) is 0 Å². The minimum Gasteiger partial charge on any atom is -0.330 e. The predicted octanol–water partition coefficient (Wildman–Crippen LogP) is -0.299. The Morgan fingerprint density at radius 2 is 1.71 bits per heavy atom. The van der Waals surface area contributed by atoms with E-state index in [1.165, 1.54) is 6.42 Å². The monoisotopic (exact) mass is 245 g/mol. The summed E-state index contributed by atoms with van der Waals surface area (Å²) in [6.07, 6.45) is 3.40. The summed E-state index contributed by atoms with van der Waals surface area (Å²) in [7, 11) is 8.26. The van der Waals surface area contributed by atoms with Gasteiger partial charge >= 0.3 is 0 Å². The second-order valence-corrected chi connectivity index (χ2v) is 4.72. The molecule has 0 fully saturated rings. The fourth-order valence-corrected chi connectivity index (χ4v) is 1.78. The summed E-state index contributed by atoms with van der Waals surface area (Å²) in [6, 6.07) is 0.589. The molecule has 0 aromatic rings. The maximum absolute atomic E-state index is 5.52. The summed E-state index contributed by atoms with van der Waals surface area (Å²) in [5, 5.41) is 5.63. The van der Waals surface area contributed by atoms with Gasteiger partial charge in [0.1, 0.15) is 0 Å². The molecular weight excluding hydrogens is 214 g/mol. The normalized spacial score (nSPS) is 13.6. The zero-order valence-electron chi connectivity index (χ0n) is 12.0. The highest BCUT2D eigenvalue weighted by molar-refractivity contribution is 4.68. The molecule has 0 aromatic carbocycles. The first-order valence-electron chi connectivity index (χ1n) is 6.58. The minimum atomic E-state index is 0.589. The average Bonchev–Trinajstić information content (AvgIpc) is 2.32. The molecule has 0 aliphatic carbocycles. The zero-order valence-corrected chi connectivity index (χ0v) is 12.0. The second-order valence-electron chi connectivity index (χ2n) is 4.72. The third-order valence-electron chi connectivity index (χ3n) is 3.03. The van der Waals surface area contributed by atoms with Crippen LogP contribution in [0.1, 0.15) is 19.3 Å². The maximum atomic E-state index is 5.52. The third-order valence-corrected chi connectivity index (χ3v) is 3.03. The molecule has 0 bridgehead atoms. The van der Waals surface area contributed by atoms with E-state index in [0.717, 1.165) is 39.0 Å². The molecule has 0 spiro atoms. The van der Waals surface area contributed by atoms with Gasteiger partial charge in [0.15, 0.2) is 0 Å². The Morgan fingerprint density at radius 1 is 1.06 bits per heavy atom. The van der Waals surface area contributed by atoms with Crippen LogP contribution in [0, 0.1) is 0 Å². The topological polar surface area (TPSA) is 56.6 Å². The van der Waals surface area contributed by atoms with Crippen LogP contribution in [-0.4, -0.2) is 70.3 Å². The first-order chi connectivity index (χ1) is 8.13. The van der Waals surface area contributed by atoms with Gasteiger partial charge in [-0.15, -0.1) is 0 Å². The average molecular weight is 245 g/mol. The summed E-state index contributed by atoms with van der Waals surface area (Å²) in [6.45, 7) is 3.98. The van der Waals surface area contributed by atoms with Crippen LogP contribution >= 0.6 is 0 Å². The SMILES string of the molecule is CNC(CCN(C)C)CCN(CCCN)NC. The molecule has 17 heavy (non-hydrogen) atoms. The third kappa shape index (κ3) is 9.50. The number of rotatable bonds is 11. The summed E-state index contributed by atoms with van der Waals surface area (Å²) < 4.78 is 0. The Balaban J connectivity index is 3.77. The quantitative estimate of drug-likeness (QED) is 0.437. The van der Waals surface area contributed by atoms with Crippen molar-refractivity contribution in [2.75, 3.05) is 54.4 Å². The second kappa shape index (κ2) is 10.9. The van der Waals surface area contributed by atoms with Gasteiger partial charge in [-0.3, -0.25) is 5.43 Å². The van der Waals surface area contributed by atoms with Crippen LogP contribution in [0.2, 0.25) is 0 Å². The van der Waals surface area contributed by atoms with E-state index in [1.807, 2.05) is 14.1 Å². The molecule has 0 radical (unpaired) electrons. The van der Waals surface area contributed by atoms with Gasteiger partial charge in [0, 0.05) is 19.1 Å². The van der Waals surface area contributed by atoms with Gasteiger partial charge in [-0.1, -0.05) is 0 Å². The highest BCUT2D eigenvalue weighted by Gasteiger charge is 2.09. The van der Waals surface area contributed by atoms with E-state index >= 15 is 0 Å². The lowest BCUT2D eigenvalue weighted by Gasteiger charge is -2.24. The minimum absolute atomic E-state index is 0.589. The molecule has 0 rings (SSSR count). The number of hydrogen-bond acceptors (Lipinski definition) is 5. The van der Waals surface area contributed by atoms with Crippen LogP contribution in [-0.2, 0) is 0 Å². The highest BCUT2D eigenvalue weighted by atomic mass is 15.5. The lowest BCUT2D eigenvalue weighted by Crippen LogP contribution is -2.40. The van der Waals surface area contributed by atoms with Gasteiger partial charge in [0.2, 0.25) is 0 Å². The van der Waals surface area contributed by atoms with Gasteiger partial charge in [0.05, 0.1) is 0 Å². The molecule has 0 saturated heterocycles. The fourth-order valence-electron chi connectivity index (χ4n) is 1.78. The van der Waals surface area contributed by atoms with E-state index in [-0.39, 0.29) is 0 Å². The van der Waals surface area contributed by atoms with Crippen molar-refractivity contribution in [1.82, 2.24) is 20.7 Å². The van der Waals surface area contributed by atoms with E-state index in [9.17, 15) is 0 Å². The molecule has 0 aliphatic heterocycles. The van der Waals surface area contributed by atoms with Crippen molar-refractivity contribution in [3.05, 3.63) is 0 Å². The van der Waals surface area contributed by atoms with Crippen LogP contribution in [0.3, 0.4) is 0 Å². The van der Waals surface area contributed by atoms with Crippen molar-refractivity contribution >= 4 is 0 Å². The van der Waals surface area contributed by atoms with E-state index in [2.05, 4.69) is 34.7 Å². The van der Waals surface area contributed by atoms with E-state index in [0.29, 0.717) is 6.04 Å². The van der Waals surface area contributed by atoms with Gasteiger partial charge in [-0.25, -0.2) is 5.01 Å². The molecule has 0 saturated carbocycles. The largest absolute Gasteiger partial charge is 0.330 e. The molecule has 0 heterocycles. The van der Waals surface area contributed by atoms with Crippen LogP contribution in [0.5, 0.6) is 0 Å². The summed E-state index contributed by atoms with van der Waals surface area (Å²) in [5.41, 5.74) is 8.74. The Labute approximate surface area is 107 Å². The van der Waals surface area contributed by atoms with Gasteiger partial charge in [-0.2, -0.15) is 0 Å². The first kappa shape index (κ1) is 16.8. The Morgan fingerprint density at radius 3 is 2.18 bits per heavy atom. The van der Waals surface area contributed by atoms with E-state index in [4.69, 9.17) is 5.73 Å². The van der Waals surface area contributed by atoms with Crippen molar-refractivity contribution in [1.29, 1.82) is 0 Å². The molecule has 104 valence electrons. The molecule has 0 aromatic heterocycles. The van der Waals surface area contributed by atoms with Gasteiger partial charge < -0.3 is 16.0 Å². The van der Waals surface area contributed by atoms with Crippen molar-refractivity contribution < 1.29 is 0 Å². The fraction of sp³-hybridized carbons (Fsp3) is 1.00. The summed E-state index contributed by atoms with van der Waals surface area (Å²) in [5.74, 6) is 0. The summed E-state index contributed by atoms with van der Waals surface area (Å²) >= 11 is 0. The van der Waals surface area contributed by atoms with Crippen LogP contribution in [0.25, 0.3) is 0 Å². The van der Waals surface area contributed by atoms with Crippen molar-refractivity contribution in [3.8, 4) is 0 Å². The van der Waals surface area contributed by atoms with Gasteiger partial charge in [-0.05, 0) is 60.5 Å². The van der Waals surface area contributed by atoms with E-state index < -0.39 is 0 Å². The molecule has 0 amide bonds. The Kier molecular flexibility index (Phi) is 10.8. The zero-order chi connectivity index (χ0) is 13.1. The maximum Gasteiger partial charge on any atom is 0.0145 e. The number of nitrogens with two attached hydrogens (primary N) is 1. The smallest absolute Gasteiger partial charge is 0.0145 e. The predicted molar refractivity (Wildman–Crippen MR) is 74.9 cm³/mol. The number of nitrogens with one attached hydrogen (secondary N) is 2. The number of hydrogen-bond donors (Lipinski definition) is 3. The molecule has 5 heteroatoms. The Hall–Kier alpha value is -0.200. The first-order valence-corrected chi connectivity index (χ1v) is 6.58. The number of hydrazine groups is 1. The molecule has 0 aliphatic rings. The van der Waals surface area contributed by atoms with Crippen LogP contribution < -0.4 is 16.5 Å². The highest BCUT2D eigenvalue weighted by Crippen LogP contribution is 2.00. The van der Waals surface area contributed by atoms with Crippen molar-refractivity contribution in [2.24, 2.45) is 5.73 Å². The van der Waals surface area contributed by atoms with E-state index in [1.54, 1.807) is 0 Å². The van der Waals surface area contributed by atoms with Crippen molar-refractivity contribution in [2.45, 2.75) is 25.3 Å². The van der Waals surface area contributed by atoms with Crippen LogP contribution in [0.4, 0.5) is 0 Å². The molecule has 5 nitrogen and oxygen atoms in total. The summed E-state index contributed by atoms with van der Waals surface area (Å²) in [4.78, 5) is 2.23. The molecule has 4 N–H and O–H groups in total. The lowest BCUT2D eigenvalue weighted by molar-refractivity contribution is 0.192. The lowest BCUT2D eigenvalue weighted by atomic mass is 10.1. The molecular formula is C12H31N5. The molecule has 1 atom stereocenters. The Bertz CT molecular complexity index is 163. The van der Waals surface area contributed by atoms with Gasteiger partial charge in [0.25, 0.3) is 0 Å². The van der Waals surface area contributed by atoms with Crippen molar-refractivity contribution in [3.63, 3.8) is 0 Å².